The molecular formula is C13H25N3O2. The summed E-state index contributed by atoms with van der Waals surface area (Å²) in [5.41, 5.74) is 5.71. The van der Waals surface area contributed by atoms with Crippen LogP contribution in [0.3, 0.4) is 0 Å². The van der Waals surface area contributed by atoms with Crippen molar-refractivity contribution in [2.75, 3.05) is 19.6 Å². The Morgan fingerprint density at radius 3 is 2.78 bits per heavy atom. The van der Waals surface area contributed by atoms with Crippen molar-refractivity contribution in [2.45, 2.75) is 39.7 Å². The predicted octanol–water partition coefficient (Wildman–Crippen LogP) is 0.344. The van der Waals surface area contributed by atoms with Crippen LogP contribution in [0.2, 0.25) is 0 Å². The van der Waals surface area contributed by atoms with Gasteiger partial charge in [-0.1, -0.05) is 13.8 Å². The van der Waals surface area contributed by atoms with Gasteiger partial charge in [-0.15, -0.1) is 0 Å². The summed E-state index contributed by atoms with van der Waals surface area (Å²) in [6.07, 6.45) is 1.41. The molecule has 1 heterocycles. The fraction of sp³-hybridized carbons (Fsp3) is 0.846. The Hall–Kier alpha value is -1.10. The van der Waals surface area contributed by atoms with E-state index >= 15 is 0 Å². The lowest BCUT2D eigenvalue weighted by Gasteiger charge is -2.34. The Labute approximate surface area is 109 Å². The van der Waals surface area contributed by atoms with Gasteiger partial charge in [0, 0.05) is 19.5 Å². The van der Waals surface area contributed by atoms with Crippen molar-refractivity contribution < 1.29 is 9.59 Å². The van der Waals surface area contributed by atoms with Gasteiger partial charge in [0.2, 0.25) is 11.8 Å². The van der Waals surface area contributed by atoms with E-state index in [1.807, 2.05) is 0 Å². The van der Waals surface area contributed by atoms with E-state index in [4.69, 9.17) is 5.73 Å². The molecule has 1 rings (SSSR count). The Balaban J connectivity index is 2.55. The molecule has 2 amide bonds. The summed E-state index contributed by atoms with van der Waals surface area (Å²) in [7, 11) is 0. The van der Waals surface area contributed by atoms with Gasteiger partial charge in [-0.05, 0) is 31.7 Å². The van der Waals surface area contributed by atoms with E-state index < -0.39 is 0 Å². The standard InChI is InChI=1S/C13H25N3O2/c1-9(2)6-11(8-14)7-12(17)16-5-4-15-13(18)10(16)3/h9-11H,4-8,14H2,1-3H3,(H,15,18)/t10?,11-/m0/s1. The van der Waals surface area contributed by atoms with E-state index in [0.717, 1.165) is 6.42 Å². The van der Waals surface area contributed by atoms with E-state index in [2.05, 4.69) is 19.2 Å². The average Bonchev–Trinajstić information content (AvgIpc) is 2.31. The molecule has 5 heteroatoms. The first-order chi connectivity index (χ1) is 8.45. The largest absolute Gasteiger partial charge is 0.353 e. The summed E-state index contributed by atoms with van der Waals surface area (Å²) in [5.74, 6) is 0.735. The number of nitrogens with two attached hydrogens (primary N) is 1. The van der Waals surface area contributed by atoms with Crippen molar-refractivity contribution in [3.8, 4) is 0 Å². The van der Waals surface area contributed by atoms with Crippen LogP contribution in [-0.4, -0.2) is 42.4 Å². The highest BCUT2D eigenvalue weighted by molar-refractivity contribution is 5.88. The first-order valence-corrected chi connectivity index (χ1v) is 6.73. The number of nitrogens with one attached hydrogen (secondary N) is 1. The average molecular weight is 255 g/mol. The Bertz CT molecular complexity index is 305. The third-order valence-corrected chi connectivity index (χ3v) is 3.42. The summed E-state index contributed by atoms with van der Waals surface area (Å²) >= 11 is 0. The van der Waals surface area contributed by atoms with Gasteiger partial charge >= 0.3 is 0 Å². The normalized spacial score (nSPS) is 21.9. The number of piperazine rings is 1. The summed E-state index contributed by atoms with van der Waals surface area (Å²) in [6.45, 7) is 7.70. The monoisotopic (exact) mass is 255 g/mol. The van der Waals surface area contributed by atoms with Crippen molar-refractivity contribution in [3.63, 3.8) is 0 Å². The fourth-order valence-corrected chi connectivity index (χ4v) is 2.42. The van der Waals surface area contributed by atoms with E-state index in [0.29, 0.717) is 32.0 Å². The number of carbonyl (C=O) groups is 2. The van der Waals surface area contributed by atoms with E-state index in [1.54, 1.807) is 11.8 Å². The maximum absolute atomic E-state index is 12.2. The molecule has 0 spiro atoms. The molecule has 1 fully saturated rings. The van der Waals surface area contributed by atoms with Crippen LogP contribution in [0.5, 0.6) is 0 Å². The lowest BCUT2D eigenvalue weighted by atomic mass is 9.93. The van der Waals surface area contributed by atoms with Gasteiger partial charge in [0.1, 0.15) is 6.04 Å². The molecule has 18 heavy (non-hydrogen) atoms. The molecule has 1 aliphatic rings. The maximum Gasteiger partial charge on any atom is 0.242 e. The molecule has 3 N–H and O–H groups in total. The quantitative estimate of drug-likeness (QED) is 0.744. The van der Waals surface area contributed by atoms with Crippen molar-refractivity contribution >= 4 is 11.8 Å². The Morgan fingerprint density at radius 2 is 2.22 bits per heavy atom. The molecular weight excluding hydrogens is 230 g/mol. The van der Waals surface area contributed by atoms with Crippen LogP contribution in [0.4, 0.5) is 0 Å². The number of amides is 2. The van der Waals surface area contributed by atoms with Gasteiger partial charge in [-0.3, -0.25) is 9.59 Å². The lowest BCUT2D eigenvalue weighted by molar-refractivity contribution is -0.143. The molecule has 0 aromatic carbocycles. The molecule has 0 aromatic heterocycles. The van der Waals surface area contributed by atoms with Crippen LogP contribution in [0, 0.1) is 11.8 Å². The van der Waals surface area contributed by atoms with Crippen LogP contribution in [0.25, 0.3) is 0 Å². The smallest absolute Gasteiger partial charge is 0.242 e. The predicted molar refractivity (Wildman–Crippen MR) is 70.8 cm³/mol. The highest BCUT2D eigenvalue weighted by atomic mass is 16.2. The minimum absolute atomic E-state index is 0.0495. The third-order valence-electron chi connectivity index (χ3n) is 3.42. The third kappa shape index (κ3) is 3.98. The molecule has 1 aliphatic heterocycles. The van der Waals surface area contributed by atoms with Gasteiger partial charge in [0.05, 0.1) is 0 Å². The summed E-state index contributed by atoms with van der Waals surface area (Å²) in [6, 6.07) is -0.358. The molecule has 1 saturated heterocycles. The molecule has 0 aliphatic carbocycles. The maximum atomic E-state index is 12.2. The van der Waals surface area contributed by atoms with Crippen molar-refractivity contribution in [1.29, 1.82) is 0 Å². The van der Waals surface area contributed by atoms with Gasteiger partial charge in [-0.25, -0.2) is 0 Å². The Morgan fingerprint density at radius 1 is 1.56 bits per heavy atom. The number of hydrogen-bond donors (Lipinski definition) is 2. The van der Waals surface area contributed by atoms with Crippen molar-refractivity contribution in [2.24, 2.45) is 17.6 Å². The zero-order valence-electron chi connectivity index (χ0n) is 11.6. The minimum atomic E-state index is -0.358. The van der Waals surface area contributed by atoms with E-state index in [9.17, 15) is 9.59 Å². The molecule has 0 radical (unpaired) electrons. The number of nitrogens with zero attached hydrogens (tertiary/aromatic N) is 1. The SMILES string of the molecule is CC(C)C[C@H](CN)CC(=O)N1CCNC(=O)C1C. The van der Waals surface area contributed by atoms with Gasteiger partial charge in [0.15, 0.2) is 0 Å². The van der Waals surface area contributed by atoms with Crippen LogP contribution in [0.15, 0.2) is 0 Å². The molecule has 2 atom stereocenters. The first kappa shape index (κ1) is 15.0. The van der Waals surface area contributed by atoms with Crippen LogP contribution in [-0.2, 0) is 9.59 Å². The molecule has 104 valence electrons. The highest BCUT2D eigenvalue weighted by Crippen LogP contribution is 2.17. The van der Waals surface area contributed by atoms with E-state index in [-0.39, 0.29) is 23.8 Å². The summed E-state index contributed by atoms with van der Waals surface area (Å²) < 4.78 is 0. The fourth-order valence-electron chi connectivity index (χ4n) is 2.42. The topological polar surface area (TPSA) is 75.4 Å². The van der Waals surface area contributed by atoms with Crippen LogP contribution < -0.4 is 11.1 Å². The second-order valence-corrected chi connectivity index (χ2v) is 5.49. The second-order valence-electron chi connectivity index (χ2n) is 5.49. The number of hydrogen-bond acceptors (Lipinski definition) is 3. The van der Waals surface area contributed by atoms with Crippen molar-refractivity contribution in [3.05, 3.63) is 0 Å². The van der Waals surface area contributed by atoms with Crippen LogP contribution >= 0.6 is 0 Å². The van der Waals surface area contributed by atoms with Gasteiger partial charge in [0.25, 0.3) is 0 Å². The molecule has 0 bridgehead atoms. The zero-order chi connectivity index (χ0) is 13.7. The van der Waals surface area contributed by atoms with E-state index in [1.165, 1.54) is 0 Å². The van der Waals surface area contributed by atoms with Crippen LogP contribution in [0.1, 0.15) is 33.6 Å². The molecule has 5 nitrogen and oxygen atoms in total. The molecule has 0 saturated carbocycles. The molecule has 0 aromatic rings. The van der Waals surface area contributed by atoms with Gasteiger partial charge < -0.3 is 16.0 Å². The number of carbonyl (C=O) groups excluding carboxylic acids is 2. The summed E-state index contributed by atoms with van der Waals surface area (Å²) in [4.78, 5) is 25.4. The molecule has 1 unspecified atom stereocenters. The summed E-state index contributed by atoms with van der Waals surface area (Å²) in [5, 5.41) is 2.76. The van der Waals surface area contributed by atoms with Gasteiger partial charge in [-0.2, -0.15) is 0 Å². The Kier molecular flexibility index (Phi) is 5.59. The minimum Gasteiger partial charge on any atom is -0.353 e. The second kappa shape index (κ2) is 6.73. The van der Waals surface area contributed by atoms with Crippen molar-refractivity contribution in [1.82, 2.24) is 10.2 Å². The lowest BCUT2D eigenvalue weighted by Crippen LogP contribution is -2.56. The first-order valence-electron chi connectivity index (χ1n) is 6.73. The zero-order valence-corrected chi connectivity index (χ0v) is 11.6. The number of rotatable bonds is 5. The highest BCUT2D eigenvalue weighted by Gasteiger charge is 2.30.